The smallest absolute Gasteiger partial charge is 0.321 e. The summed E-state index contributed by atoms with van der Waals surface area (Å²) in [7, 11) is 0. The van der Waals surface area contributed by atoms with E-state index in [1.807, 2.05) is 0 Å². The summed E-state index contributed by atoms with van der Waals surface area (Å²) in [6, 6.07) is 0. The van der Waals surface area contributed by atoms with Crippen LogP contribution in [0.5, 0.6) is 0 Å². The number of carboxylic acids is 2. The first-order valence-electron chi connectivity index (χ1n) is 5.53. The summed E-state index contributed by atoms with van der Waals surface area (Å²) < 4.78 is 0. The van der Waals surface area contributed by atoms with Crippen LogP contribution in [0.4, 0.5) is 0 Å². The van der Waals surface area contributed by atoms with Gasteiger partial charge in [0.05, 0.1) is 0 Å². The van der Waals surface area contributed by atoms with Gasteiger partial charge in [0.25, 0.3) is 0 Å². The van der Waals surface area contributed by atoms with Crippen LogP contribution in [-0.2, 0) is 9.59 Å². The third-order valence-electron chi connectivity index (χ3n) is 4.11. The zero-order chi connectivity index (χ0) is 11.1. The molecule has 0 radical (unpaired) electrons. The molecule has 0 aromatic carbocycles. The number of carboxylic acid groups (broad SMARTS) is 2. The van der Waals surface area contributed by atoms with Gasteiger partial charge in [-0.05, 0) is 24.7 Å². The molecule has 0 unspecified atom stereocenters. The molecule has 0 aromatic heterocycles. The molecular weight excluding hydrogens is 196 g/mol. The number of fused-ring (bicyclic) bond motifs is 1. The molecule has 2 fully saturated rings. The summed E-state index contributed by atoms with van der Waals surface area (Å²) in [5.74, 6) is -1.65. The van der Waals surface area contributed by atoms with Crippen molar-refractivity contribution in [1.82, 2.24) is 0 Å². The summed E-state index contributed by atoms with van der Waals surface area (Å²) in [6.07, 6.45) is 4.93. The first kappa shape index (κ1) is 10.5. The Bertz CT molecular complexity index is 267. The second kappa shape index (κ2) is 3.51. The minimum atomic E-state index is -1.49. The Balaban J connectivity index is 2.23. The second-order valence-electron chi connectivity index (χ2n) is 4.91. The van der Waals surface area contributed by atoms with E-state index in [-0.39, 0.29) is 0 Å². The highest BCUT2D eigenvalue weighted by Crippen LogP contribution is 2.51. The van der Waals surface area contributed by atoms with E-state index in [0.717, 1.165) is 25.7 Å². The summed E-state index contributed by atoms with van der Waals surface area (Å²) in [5.41, 5.74) is -1.49. The largest absolute Gasteiger partial charge is 0.480 e. The van der Waals surface area contributed by atoms with Crippen molar-refractivity contribution >= 4 is 11.9 Å². The Labute approximate surface area is 88.3 Å². The fraction of sp³-hybridized carbons (Fsp3) is 0.818. The van der Waals surface area contributed by atoms with Crippen LogP contribution in [0.2, 0.25) is 0 Å². The molecule has 0 spiro atoms. The van der Waals surface area contributed by atoms with Gasteiger partial charge >= 0.3 is 11.9 Å². The maximum Gasteiger partial charge on any atom is 0.321 e. The second-order valence-corrected chi connectivity index (χ2v) is 4.91. The zero-order valence-electron chi connectivity index (χ0n) is 8.61. The molecule has 2 rings (SSSR count). The number of carbonyl (C=O) groups is 2. The van der Waals surface area contributed by atoms with E-state index in [0.29, 0.717) is 24.7 Å². The normalized spacial score (nSPS) is 33.3. The van der Waals surface area contributed by atoms with Crippen molar-refractivity contribution < 1.29 is 19.8 Å². The minimum Gasteiger partial charge on any atom is -0.480 e. The van der Waals surface area contributed by atoms with Gasteiger partial charge in [0.1, 0.15) is 0 Å². The molecule has 0 aliphatic heterocycles. The van der Waals surface area contributed by atoms with Crippen LogP contribution < -0.4 is 0 Å². The fourth-order valence-corrected chi connectivity index (χ4v) is 3.24. The monoisotopic (exact) mass is 212 g/mol. The Morgan fingerprint density at radius 2 is 1.33 bits per heavy atom. The van der Waals surface area contributed by atoms with E-state index in [9.17, 15) is 9.59 Å². The quantitative estimate of drug-likeness (QED) is 0.684. The van der Waals surface area contributed by atoms with Crippen LogP contribution in [0, 0.1) is 17.3 Å². The van der Waals surface area contributed by atoms with Crippen molar-refractivity contribution in [2.75, 3.05) is 0 Å². The molecular formula is C11H16O4. The van der Waals surface area contributed by atoms with Gasteiger partial charge in [0.2, 0.25) is 0 Å². The van der Waals surface area contributed by atoms with Gasteiger partial charge in [-0.3, -0.25) is 9.59 Å². The molecule has 0 heterocycles. The van der Waals surface area contributed by atoms with E-state index < -0.39 is 17.4 Å². The lowest BCUT2D eigenvalue weighted by atomic mass is 9.82. The summed E-state index contributed by atoms with van der Waals surface area (Å²) >= 11 is 0. The van der Waals surface area contributed by atoms with E-state index in [2.05, 4.69) is 0 Å². The average Bonchev–Trinajstić information content (AvgIpc) is 2.57. The summed E-state index contributed by atoms with van der Waals surface area (Å²) in [4.78, 5) is 22.3. The molecule has 0 aromatic rings. The van der Waals surface area contributed by atoms with Crippen molar-refractivity contribution in [3.63, 3.8) is 0 Å². The van der Waals surface area contributed by atoms with Crippen LogP contribution in [0.15, 0.2) is 0 Å². The molecule has 2 aliphatic rings. The van der Waals surface area contributed by atoms with Gasteiger partial charge in [-0.25, -0.2) is 0 Å². The number of rotatable bonds is 2. The van der Waals surface area contributed by atoms with Crippen LogP contribution in [0.3, 0.4) is 0 Å². The van der Waals surface area contributed by atoms with Crippen LogP contribution in [0.1, 0.15) is 38.5 Å². The highest BCUT2D eigenvalue weighted by Gasteiger charge is 2.55. The third-order valence-corrected chi connectivity index (χ3v) is 4.11. The van der Waals surface area contributed by atoms with Crippen molar-refractivity contribution in [3.05, 3.63) is 0 Å². The van der Waals surface area contributed by atoms with Crippen LogP contribution in [0.25, 0.3) is 0 Å². The molecule has 2 atom stereocenters. The molecule has 4 nitrogen and oxygen atoms in total. The highest BCUT2D eigenvalue weighted by atomic mass is 16.4. The summed E-state index contributed by atoms with van der Waals surface area (Å²) in [5, 5.41) is 18.2. The molecule has 84 valence electrons. The first-order chi connectivity index (χ1) is 7.06. The summed E-state index contributed by atoms with van der Waals surface area (Å²) in [6.45, 7) is 0. The molecule has 4 heteroatoms. The maximum atomic E-state index is 11.1. The lowest BCUT2D eigenvalue weighted by Gasteiger charge is -2.23. The van der Waals surface area contributed by atoms with Crippen LogP contribution >= 0.6 is 0 Å². The first-order valence-corrected chi connectivity index (χ1v) is 5.53. The van der Waals surface area contributed by atoms with E-state index in [1.165, 1.54) is 0 Å². The van der Waals surface area contributed by atoms with Gasteiger partial charge in [-0.2, -0.15) is 0 Å². The van der Waals surface area contributed by atoms with E-state index in [1.54, 1.807) is 0 Å². The molecule has 2 N–H and O–H groups in total. The van der Waals surface area contributed by atoms with Crippen molar-refractivity contribution in [2.24, 2.45) is 17.3 Å². The van der Waals surface area contributed by atoms with Crippen molar-refractivity contribution in [2.45, 2.75) is 38.5 Å². The number of aliphatic carboxylic acids is 2. The van der Waals surface area contributed by atoms with Gasteiger partial charge in [0.15, 0.2) is 5.41 Å². The Morgan fingerprint density at radius 3 is 1.67 bits per heavy atom. The predicted octanol–water partition coefficient (Wildman–Crippen LogP) is 1.74. The van der Waals surface area contributed by atoms with Crippen LogP contribution in [-0.4, -0.2) is 22.2 Å². The number of hydrogen-bond acceptors (Lipinski definition) is 2. The average molecular weight is 212 g/mol. The number of hydrogen-bond donors (Lipinski definition) is 2. The lowest BCUT2D eigenvalue weighted by molar-refractivity contribution is -0.164. The SMILES string of the molecule is O=C(O)C1(C(=O)O)C[C@@H]2CCCC[C@H]2C1. The Hall–Kier alpha value is -1.06. The van der Waals surface area contributed by atoms with E-state index >= 15 is 0 Å². The van der Waals surface area contributed by atoms with Crippen molar-refractivity contribution in [1.29, 1.82) is 0 Å². The molecule has 2 aliphatic carbocycles. The zero-order valence-corrected chi connectivity index (χ0v) is 8.61. The maximum absolute atomic E-state index is 11.1. The predicted molar refractivity (Wildman–Crippen MR) is 52.4 cm³/mol. The van der Waals surface area contributed by atoms with E-state index in [4.69, 9.17) is 10.2 Å². The molecule has 2 saturated carbocycles. The minimum absolute atomic E-state index is 0.325. The van der Waals surface area contributed by atoms with Gasteiger partial charge in [0, 0.05) is 0 Å². The van der Waals surface area contributed by atoms with Crippen molar-refractivity contribution in [3.8, 4) is 0 Å². The highest BCUT2D eigenvalue weighted by molar-refractivity contribution is 5.98. The molecule has 0 saturated heterocycles. The van der Waals surface area contributed by atoms with Gasteiger partial charge in [-0.15, -0.1) is 0 Å². The molecule has 0 amide bonds. The standard InChI is InChI=1S/C11H16O4/c12-9(13)11(10(14)15)5-7-3-1-2-4-8(7)6-11/h7-8H,1-6H2,(H,12,13)(H,14,15)/t7-,8-/m0/s1. The Kier molecular flexibility index (Phi) is 2.44. The molecule has 15 heavy (non-hydrogen) atoms. The topological polar surface area (TPSA) is 74.6 Å². The lowest BCUT2D eigenvalue weighted by Crippen LogP contribution is -2.37. The fourth-order valence-electron chi connectivity index (χ4n) is 3.24. The third kappa shape index (κ3) is 1.52. The Morgan fingerprint density at radius 1 is 0.933 bits per heavy atom. The van der Waals surface area contributed by atoms with Gasteiger partial charge < -0.3 is 10.2 Å². The van der Waals surface area contributed by atoms with Gasteiger partial charge in [-0.1, -0.05) is 25.7 Å². The molecule has 0 bridgehead atoms.